The minimum absolute atomic E-state index is 0.230. The van der Waals surface area contributed by atoms with Gasteiger partial charge in [-0.2, -0.15) is 5.10 Å². The first-order valence-electron chi connectivity index (χ1n) is 10.7. The van der Waals surface area contributed by atoms with Crippen LogP contribution in [-0.4, -0.2) is 56.7 Å². The summed E-state index contributed by atoms with van der Waals surface area (Å²) < 4.78 is 7.82. The summed E-state index contributed by atoms with van der Waals surface area (Å²) in [5, 5.41) is 4.67. The van der Waals surface area contributed by atoms with E-state index in [2.05, 4.69) is 15.0 Å². The minimum Gasteiger partial charge on any atom is -0.471 e. The van der Waals surface area contributed by atoms with Crippen molar-refractivity contribution in [3.05, 3.63) is 40.8 Å². The highest BCUT2D eigenvalue weighted by Gasteiger charge is 2.27. The Bertz CT molecular complexity index is 855. The summed E-state index contributed by atoms with van der Waals surface area (Å²) in [5.41, 5.74) is 4.36. The van der Waals surface area contributed by atoms with Gasteiger partial charge in [0.1, 0.15) is 12.3 Å². The Morgan fingerprint density at radius 1 is 1.17 bits per heavy atom. The van der Waals surface area contributed by atoms with Crippen molar-refractivity contribution in [2.45, 2.75) is 52.2 Å². The lowest BCUT2D eigenvalue weighted by Gasteiger charge is -2.30. The van der Waals surface area contributed by atoms with Crippen molar-refractivity contribution in [3.63, 3.8) is 0 Å². The van der Waals surface area contributed by atoms with Crippen LogP contribution in [0.2, 0.25) is 0 Å². The van der Waals surface area contributed by atoms with Gasteiger partial charge in [-0.15, -0.1) is 0 Å². The summed E-state index contributed by atoms with van der Waals surface area (Å²) >= 11 is 0. The first-order valence-corrected chi connectivity index (χ1v) is 10.7. The molecule has 0 spiro atoms. The van der Waals surface area contributed by atoms with Crippen molar-refractivity contribution in [1.29, 1.82) is 0 Å². The number of carbonyl (C=O) groups is 1. The van der Waals surface area contributed by atoms with Gasteiger partial charge in [-0.25, -0.2) is 4.98 Å². The van der Waals surface area contributed by atoms with Crippen LogP contribution in [0.3, 0.4) is 0 Å². The van der Waals surface area contributed by atoms with Crippen LogP contribution in [-0.2, 0) is 31.4 Å². The van der Waals surface area contributed by atoms with Crippen molar-refractivity contribution in [2.24, 2.45) is 7.05 Å². The maximum Gasteiger partial charge on any atom is 0.237 e. The summed E-state index contributed by atoms with van der Waals surface area (Å²) in [6, 6.07) is 3.87. The Labute approximate surface area is 172 Å². The number of aromatic nitrogens is 3. The Morgan fingerprint density at radius 2 is 1.97 bits per heavy atom. The number of amides is 1. The fraction of sp³-hybridized carbons (Fsp3) is 0.591. The van der Waals surface area contributed by atoms with Crippen LogP contribution in [0, 0.1) is 6.92 Å². The van der Waals surface area contributed by atoms with Gasteiger partial charge in [-0.05, 0) is 44.5 Å². The SMILES string of the molecule is Cc1ccnc(OCc2nn(C)c3c2CN(C(=O)CN2CCCCCC2)CC3)c1. The normalized spacial score (nSPS) is 17.7. The third-order valence-electron chi connectivity index (χ3n) is 5.98. The van der Waals surface area contributed by atoms with Crippen LogP contribution in [0.15, 0.2) is 18.3 Å². The molecule has 0 bridgehead atoms. The molecular formula is C22H31N5O2. The van der Waals surface area contributed by atoms with Crippen LogP contribution >= 0.6 is 0 Å². The number of likely N-dealkylation sites (tertiary alicyclic amines) is 1. The zero-order valence-electron chi connectivity index (χ0n) is 17.6. The van der Waals surface area contributed by atoms with E-state index >= 15 is 0 Å². The number of hydrogen-bond donors (Lipinski definition) is 0. The van der Waals surface area contributed by atoms with E-state index in [4.69, 9.17) is 4.74 Å². The highest BCUT2D eigenvalue weighted by Crippen LogP contribution is 2.24. The molecule has 2 aliphatic heterocycles. The highest BCUT2D eigenvalue weighted by molar-refractivity contribution is 5.78. The minimum atomic E-state index is 0.230. The molecule has 4 rings (SSSR count). The number of ether oxygens (including phenoxy) is 1. The maximum atomic E-state index is 12.9. The highest BCUT2D eigenvalue weighted by atomic mass is 16.5. The lowest BCUT2D eigenvalue weighted by atomic mass is 10.1. The molecule has 0 saturated carbocycles. The van der Waals surface area contributed by atoms with Crippen molar-refractivity contribution in [1.82, 2.24) is 24.6 Å². The van der Waals surface area contributed by atoms with E-state index < -0.39 is 0 Å². The molecule has 1 saturated heterocycles. The molecular weight excluding hydrogens is 366 g/mol. The quantitative estimate of drug-likeness (QED) is 0.776. The number of aryl methyl sites for hydroxylation is 2. The molecule has 0 N–H and O–H groups in total. The molecule has 156 valence electrons. The number of nitrogens with zero attached hydrogens (tertiary/aromatic N) is 5. The third kappa shape index (κ3) is 4.78. The molecule has 1 amide bonds. The Balaban J connectivity index is 1.41. The molecule has 2 aromatic heterocycles. The average molecular weight is 398 g/mol. The molecule has 0 radical (unpaired) electrons. The number of hydrogen-bond acceptors (Lipinski definition) is 5. The Kier molecular flexibility index (Phi) is 6.13. The van der Waals surface area contributed by atoms with Crippen molar-refractivity contribution in [3.8, 4) is 5.88 Å². The summed E-state index contributed by atoms with van der Waals surface area (Å²) in [6.45, 7) is 6.39. The number of carbonyl (C=O) groups excluding carboxylic acids is 1. The van der Waals surface area contributed by atoms with E-state index in [9.17, 15) is 4.79 Å². The van der Waals surface area contributed by atoms with Gasteiger partial charge in [-0.3, -0.25) is 14.4 Å². The largest absolute Gasteiger partial charge is 0.471 e. The van der Waals surface area contributed by atoms with Crippen LogP contribution in [0.1, 0.15) is 48.2 Å². The van der Waals surface area contributed by atoms with Crippen molar-refractivity contribution in [2.75, 3.05) is 26.2 Å². The smallest absolute Gasteiger partial charge is 0.237 e. The van der Waals surface area contributed by atoms with Gasteiger partial charge in [0.15, 0.2) is 0 Å². The van der Waals surface area contributed by atoms with Gasteiger partial charge in [0.25, 0.3) is 0 Å². The van der Waals surface area contributed by atoms with Gasteiger partial charge in [0, 0.05) is 50.1 Å². The summed E-state index contributed by atoms with van der Waals surface area (Å²) in [7, 11) is 1.97. The van der Waals surface area contributed by atoms with Crippen LogP contribution < -0.4 is 4.74 Å². The van der Waals surface area contributed by atoms with Crippen LogP contribution in [0.4, 0.5) is 0 Å². The lowest BCUT2D eigenvalue weighted by Crippen LogP contribution is -2.43. The molecule has 7 nitrogen and oxygen atoms in total. The van der Waals surface area contributed by atoms with E-state index in [0.29, 0.717) is 25.6 Å². The zero-order valence-corrected chi connectivity index (χ0v) is 17.6. The molecule has 1 fully saturated rings. The van der Waals surface area contributed by atoms with Crippen LogP contribution in [0.25, 0.3) is 0 Å². The summed E-state index contributed by atoms with van der Waals surface area (Å²) in [4.78, 5) is 21.5. The molecule has 0 unspecified atom stereocenters. The van der Waals surface area contributed by atoms with E-state index in [0.717, 1.165) is 42.9 Å². The zero-order chi connectivity index (χ0) is 20.2. The Hall–Kier alpha value is -2.41. The van der Waals surface area contributed by atoms with Gasteiger partial charge in [-0.1, -0.05) is 12.8 Å². The predicted octanol–water partition coefficient (Wildman–Crippen LogP) is 2.46. The first kappa shape index (κ1) is 19.9. The van der Waals surface area contributed by atoms with Crippen LogP contribution in [0.5, 0.6) is 5.88 Å². The van der Waals surface area contributed by atoms with E-state index in [1.807, 2.05) is 35.7 Å². The fourth-order valence-electron chi connectivity index (χ4n) is 4.31. The molecule has 0 aliphatic carbocycles. The Morgan fingerprint density at radius 3 is 2.72 bits per heavy atom. The fourth-order valence-corrected chi connectivity index (χ4v) is 4.31. The number of pyridine rings is 1. The van der Waals surface area contributed by atoms with E-state index in [1.54, 1.807) is 6.20 Å². The van der Waals surface area contributed by atoms with E-state index in [1.165, 1.54) is 31.4 Å². The maximum absolute atomic E-state index is 12.9. The third-order valence-corrected chi connectivity index (χ3v) is 5.98. The topological polar surface area (TPSA) is 63.5 Å². The second kappa shape index (κ2) is 8.95. The van der Waals surface area contributed by atoms with Gasteiger partial charge in [0.2, 0.25) is 11.8 Å². The number of rotatable bonds is 5. The molecule has 29 heavy (non-hydrogen) atoms. The second-order valence-electron chi connectivity index (χ2n) is 8.21. The lowest BCUT2D eigenvalue weighted by molar-refractivity contribution is -0.133. The summed E-state index contributed by atoms with van der Waals surface area (Å²) in [5.74, 6) is 0.836. The molecule has 7 heteroatoms. The van der Waals surface area contributed by atoms with Gasteiger partial charge in [0.05, 0.1) is 6.54 Å². The number of fused-ring (bicyclic) bond motifs is 1. The van der Waals surface area contributed by atoms with Gasteiger partial charge >= 0.3 is 0 Å². The average Bonchev–Trinajstić information content (AvgIpc) is 2.87. The summed E-state index contributed by atoms with van der Waals surface area (Å²) in [6.07, 6.45) is 7.57. The molecule has 0 aromatic carbocycles. The predicted molar refractivity (Wildman–Crippen MR) is 111 cm³/mol. The standard InChI is InChI=1S/C22H31N5O2/c1-17-7-9-23-21(13-17)29-16-19-18-14-27(12-8-20(18)25(2)24-19)22(28)15-26-10-5-3-4-6-11-26/h7,9,13H,3-6,8,10-12,14-16H2,1-2H3. The first-order chi connectivity index (χ1) is 14.1. The van der Waals surface area contributed by atoms with E-state index in [-0.39, 0.29) is 5.91 Å². The molecule has 2 aliphatic rings. The molecule has 4 heterocycles. The molecule has 0 atom stereocenters. The molecule has 2 aromatic rings. The monoisotopic (exact) mass is 397 g/mol. The van der Waals surface area contributed by atoms with Crippen molar-refractivity contribution >= 4 is 5.91 Å². The van der Waals surface area contributed by atoms with Crippen molar-refractivity contribution < 1.29 is 9.53 Å². The van der Waals surface area contributed by atoms with Gasteiger partial charge < -0.3 is 9.64 Å². The second-order valence-corrected chi connectivity index (χ2v) is 8.21.